The van der Waals surface area contributed by atoms with Crippen molar-refractivity contribution in [2.75, 3.05) is 0 Å². The maximum absolute atomic E-state index is 10.6. The van der Waals surface area contributed by atoms with Gasteiger partial charge in [0.1, 0.15) is 0 Å². The Bertz CT molecular complexity index is 384. The first-order chi connectivity index (χ1) is 6.16. The van der Waals surface area contributed by atoms with E-state index in [1.807, 2.05) is 4.97 Å². The summed E-state index contributed by atoms with van der Waals surface area (Å²) in [5.74, 6) is 0. The minimum absolute atomic E-state index is 0.0570. The molecule has 4 nitrogen and oxygen atoms in total. The third-order valence-corrected chi connectivity index (χ3v) is 3.27. The van der Waals surface area contributed by atoms with Crippen LogP contribution in [0, 0.1) is 27.3 Å². The van der Waals surface area contributed by atoms with Crippen LogP contribution >= 0.6 is 0 Å². The molecule has 66 valence electrons. The second-order valence-corrected chi connectivity index (χ2v) is 4.04. The van der Waals surface area contributed by atoms with E-state index in [4.69, 9.17) is 5.26 Å². The number of hydrogen-bond acceptors (Lipinski definition) is 3. The van der Waals surface area contributed by atoms with Gasteiger partial charge in [0.25, 0.3) is 0 Å². The molecule has 0 aromatic heterocycles. The fourth-order valence-electron chi connectivity index (χ4n) is 0.959. The maximum atomic E-state index is 10.6. The summed E-state index contributed by atoms with van der Waals surface area (Å²) in [7, 11) is 0. The van der Waals surface area contributed by atoms with Crippen LogP contribution in [-0.2, 0) is 0 Å². The predicted octanol–water partition coefficient (Wildman–Crippen LogP) is 0.714. The van der Waals surface area contributed by atoms with E-state index in [0.717, 1.165) is 5.56 Å². The van der Waals surface area contributed by atoms with Crippen LogP contribution in [0.3, 0.4) is 0 Å². The summed E-state index contributed by atoms with van der Waals surface area (Å²) < 4.78 is 0.572. The second kappa shape index (κ2) is 4.03. The van der Waals surface area contributed by atoms with E-state index < -0.39 is 19.9 Å². The van der Waals surface area contributed by atoms with E-state index in [-0.39, 0.29) is 5.69 Å². The Morgan fingerprint density at radius 1 is 1.62 bits per heavy atom. The molecule has 0 heterocycles. The van der Waals surface area contributed by atoms with Crippen LogP contribution < -0.4 is 4.46 Å². The van der Waals surface area contributed by atoms with Gasteiger partial charge in [-0.15, -0.1) is 0 Å². The number of nitro benzene ring substituents is 1. The van der Waals surface area contributed by atoms with Gasteiger partial charge in [0.15, 0.2) is 0 Å². The molecular weight excluding hydrogens is 235 g/mol. The van der Waals surface area contributed by atoms with Crippen LogP contribution in [0.5, 0.6) is 0 Å². The summed E-state index contributed by atoms with van der Waals surface area (Å²) in [6.07, 6.45) is 0. The van der Waals surface area contributed by atoms with Gasteiger partial charge in [0.2, 0.25) is 0 Å². The van der Waals surface area contributed by atoms with Gasteiger partial charge in [-0.3, -0.25) is 0 Å². The van der Waals surface area contributed by atoms with Gasteiger partial charge in [-0.2, -0.15) is 0 Å². The van der Waals surface area contributed by atoms with E-state index in [2.05, 4.69) is 0 Å². The molecular formula is C8H6N2O2Se. The Morgan fingerprint density at radius 2 is 2.31 bits per heavy atom. The average Bonchev–Trinajstić information content (AvgIpc) is 2.08. The normalized spacial score (nSPS) is 9.23. The standard InChI is InChI=1S/C8H6N2O2Se/c1-6-3-2-4-7(10(11)12)8(6)13-5-9/h2-4H,1H3. The van der Waals surface area contributed by atoms with Gasteiger partial charge in [-0.25, -0.2) is 0 Å². The third-order valence-electron chi connectivity index (χ3n) is 1.54. The Balaban J connectivity index is 3.27. The number of aryl methyl sites for hydroxylation is 1. The molecule has 0 saturated carbocycles. The summed E-state index contributed by atoms with van der Waals surface area (Å²) in [4.78, 5) is 12.1. The second-order valence-electron chi connectivity index (χ2n) is 2.37. The Labute approximate surface area is 81.5 Å². The molecule has 0 atom stereocenters. The molecule has 1 aromatic carbocycles. The van der Waals surface area contributed by atoms with E-state index in [1.54, 1.807) is 19.1 Å². The van der Waals surface area contributed by atoms with E-state index in [0.29, 0.717) is 4.46 Å². The van der Waals surface area contributed by atoms with Crippen LogP contribution in [0.25, 0.3) is 0 Å². The van der Waals surface area contributed by atoms with E-state index in [1.165, 1.54) is 6.07 Å². The zero-order chi connectivity index (χ0) is 9.84. The van der Waals surface area contributed by atoms with Gasteiger partial charge in [0, 0.05) is 0 Å². The predicted molar refractivity (Wildman–Crippen MR) is 48.8 cm³/mol. The number of nitro groups is 1. The van der Waals surface area contributed by atoms with E-state index >= 15 is 0 Å². The Hall–Kier alpha value is -1.37. The molecule has 0 bridgehead atoms. The summed E-state index contributed by atoms with van der Waals surface area (Å²) in [5, 5.41) is 19.1. The van der Waals surface area contributed by atoms with Crippen LogP contribution in [-0.4, -0.2) is 19.9 Å². The van der Waals surface area contributed by atoms with Crippen LogP contribution in [0.1, 0.15) is 5.56 Å². The van der Waals surface area contributed by atoms with Crippen LogP contribution in [0.2, 0.25) is 0 Å². The molecule has 1 aromatic rings. The fourth-order valence-corrected chi connectivity index (χ4v) is 2.15. The van der Waals surface area contributed by atoms with Crippen molar-refractivity contribution >= 4 is 25.1 Å². The number of nitrogens with zero attached hydrogens (tertiary/aromatic N) is 2. The SMILES string of the molecule is Cc1cccc([N+](=O)[O-])c1[Se]C#N. The van der Waals surface area contributed by atoms with Crippen molar-refractivity contribution in [1.29, 1.82) is 5.26 Å². The summed E-state index contributed by atoms with van der Waals surface area (Å²) in [6, 6.07) is 4.84. The van der Waals surface area contributed by atoms with Gasteiger partial charge in [0.05, 0.1) is 0 Å². The zero-order valence-electron chi connectivity index (χ0n) is 6.85. The van der Waals surface area contributed by atoms with Crippen molar-refractivity contribution in [2.24, 2.45) is 0 Å². The molecule has 0 aliphatic heterocycles. The summed E-state index contributed by atoms with van der Waals surface area (Å²) >= 11 is -0.465. The number of hydrogen-bond donors (Lipinski definition) is 0. The fraction of sp³-hybridized carbons (Fsp3) is 0.125. The van der Waals surface area contributed by atoms with Crippen molar-refractivity contribution in [2.45, 2.75) is 6.92 Å². The summed E-state index contributed by atoms with van der Waals surface area (Å²) in [5.41, 5.74) is 0.873. The first kappa shape index (κ1) is 9.72. The van der Waals surface area contributed by atoms with Crippen LogP contribution in [0.15, 0.2) is 18.2 Å². The minimum atomic E-state index is -0.465. The quantitative estimate of drug-likeness (QED) is 0.435. The molecule has 0 fully saturated rings. The van der Waals surface area contributed by atoms with Gasteiger partial charge >= 0.3 is 81.1 Å². The zero-order valence-corrected chi connectivity index (χ0v) is 8.56. The number of nitriles is 1. The Kier molecular flexibility index (Phi) is 3.02. The molecule has 0 unspecified atom stereocenters. The Morgan fingerprint density at radius 3 is 2.85 bits per heavy atom. The number of benzene rings is 1. The number of rotatable bonds is 2. The molecule has 0 spiro atoms. The molecule has 0 aliphatic carbocycles. The molecule has 5 heteroatoms. The molecule has 0 amide bonds. The van der Waals surface area contributed by atoms with Crippen molar-refractivity contribution in [3.8, 4) is 4.97 Å². The van der Waals surface area contributed by atoms with Crippen molar-refractivity contribution in [3.05, 3.63) is 33.9 Å². The molecule has 0 saturated heterocycles. The molecule has 0 radical (unpaired) electrons. The van der Waals surface area contributed by atoms with Crippen molar-refractivity contribution in [3.63, 3.8) is 0 Å². The first-order valence-electron chi connectivity index (χ1n) is 3.46. The molecule has 1 rings (SSSR count). The van der Waals surface area contributed by atoms with Gasteiger partial charge in [-0.1, -0.05) is 0 Å². The third kappa shape index (κ3) is 2.05. The van der Waals surface area contributed by atoms with E-state index in [9.17, 15) is 10.1 Å². The topological polar surface area (TPSA) is 66.9 Å². The monoisotopic (exact) mass is 242 g/mol. The van der Waals surface area contributed by atoms with Gasteiger partial charge in [-0.05, 0) is 0 Å². The van der Waals surface area contributed by atoms with Gasteiger partial charge < -0.3 is 0 Å². The van der Waals surface area contributed by atoms with Crippen molar-refractivity contribution < 1.29 is 4.92 Å². The average molecular weight is 241 g/mol. The molecule has 0 N–H and O–H groups in total. The van der Waals surface area contributed by atoms with Crippen LogP contribution in [0.4, 0.5) is 5.69 Å². The van der Waals surface area contributed by atoms with Crippen molar-refractivity contribution in [1.82, 2.24) is 0 Å². The summed E-state index contributed by atoms with van der Waals surface area (Å²) in [6.45, 7) is 1.78. The molecule has 0 aliphatic rings. The molecule has 13 heavy (non-hydrogen) atoms. The first-order valence-corrected chi connectivity index (χ1v) is 5.18.